The number of carbonyl (C=O) groups is 1. The molecule has 1 aliphatic heterocycles. The third-order valence-electron chi connectivity index (χ3n) is 9.62. The highest BCUT2D eigenvalue weighted by atomic mass is 16.5. The van der Waals surface area contributed by atoms with E-state index in [4.69, 9.17) is 9.47 Å². The van der Waals surface area contributed by atoms with E-state index in [-0.39, 0.29) is 0 Å². The van der Waals surface area contributed by atoms with E-state index in [1.807, 2.05) is 6.07 Å². The molecule has 1 aliphatic carbocycles. The molecule has 1 aromatic heterocycles. The van der Waals surface area contributed by atoms with Crippen LogP contribution < -0.4 is 4.74 Å². The van der Waals surface area contributed by atoms with Crippen molar-refractivity contribution in [3.05, 3.63) is 113 Å². The van der Waals surface area contributed by atoms with Crippen molar-refractivity contribution in [2.75, 3.05) is 39.5 Å². The number of hydrogen-bond donors (Lipinski definition) is 1. The molecule has 0 radical (unpaired) electrons. The van der Waals surface area contributed by atoms with Crippen molar-refractivity contribution in [1.82, 2.24) is 9.47 Å². The van der Waals surface area contributed by atoms with Gasteiger partial charge < -0.3 is 19.1 Å². The Balaban J connectivity index is 1.27. The van der Waals surface area contributed by atoms with Gasteiger partial charge in [0.15, 0.2) is 0 Å². The lowest BCUT2D eigenvalue weighted by molar-refractivity contribution is 0.0362. The third-order valence-corrected chi connectivity index (χ3v) is 9.62. The summed E-state index contributed by atoms with van der Waals surface area (Å²) in [6, 6.07) is 31.6. The van der Waals surface area contributed by atoms with Crippen LogP contribution in [0, 0.1) is 0 Å². The van der Waals surface area contributed by atoms with E-state index < -0.39 is 5.97 Å². The largest absolute Gasteiger partial charge is 0.493 e. The molecule has 0 spiro atoms. The number of para-hydroxylation sites is 1. The van der Waals surface area contributed by atoms with Gasteiger partial charge in [-0.05, 0) is 78.0 Å². The number of nitrogens with zero attached hydrogens (tertiary/aromatic N) is 2. The van der Waals surface area contributed by atoms with Crippen LogP contribution in [0.1, 0.15) is 46.4 Å². The number of benzene rings is 4. The molecule has 1 N–H and O–H groups in total. The normalized spacial score (nSPS) is 15.1. The van der Waals surface area contributed by atoms with Gasteiger partial charge >= 0.3 is 5.97 Å². The Morgan fingerprint density at radius 1 is 0.783 bits per heavy atom. The molecule has 4 aromatic carbocycles. The summed E-state index contributed by atoms with van der Waals surface area (Å²) >= 11 is 0. The van der Waals surface area contributed by atoms with Crippen LogP contribution >= 0.6 is 0 Å². The molecule has 236 valence electrons. The molecule has 6 nitrogen and oxygen atoms in total. The molecule has 1 saturated heterocycles. The fraction of sp³-hybridized carbons (Fsp3) is 0.325. The van der Waals surface area contributed by atoms with Gasteiger partial charge in [-0.1, -0.05) is 84.9 Å². The quantitative estimate of drug-likeness (QED) is 0.153. The molecule has 6 heteroatoms. The van der Waals surface area contributed by atoms with Crippen LogP contribution in [-0.2, 0) is 30.5 Å². The predicted octanol–water partition coefficient (Wildman–Crippen LogP) is 7.90. The molecule has 2 heterocycles. The van der Waals surface area contributed by atoms with Crippen molar-refractivity contribution < 1.29 is 19.4 Å². The van der Waals surface area contributed by atoms with Crippen LogP contribution in [0.25, 0.3) is 33.2 Å². The number of fused-ring (bicyclic) bond motifs is 2. The number of ether oxygens (including phenoxy) is 2. The van der Waals surface area contributed by atoms with E-state index in [9.17, 15) is 9.90 Å². The van der Waals surface area contributed by atoms with Gasteiger partial charge in [0.25, 0.3) is 0 Å². The lowest BCUT2D eigenvalue weighted by atomic mass is 9.91. The van der Waals surface area contributed by atoms with Crippen LogP contribution in [0.15, 0.2) is 91.0 Å². The summed E-state index contributed by atoms with van der Waals surface area (Å²) < 4.78 is 14.0. The van der Waals surface area contributed by atoms with Crippen molar-refractivity contribution >= 4 is 16.9 Å². The second-order valence-corrected chi connectivity index (χ2v) is 12.4. The van der Waals surface area contributed by atoms with Crippen LogP contribution in [0.3, 0.4) is 0 Å². The number of aromatic nitrogens is 1. The monoisotopic (exact) mass is 614 g/mol. The first-order valence-corrected chi connectivity index (χ1v) is 16.7. The lowest BCUT2D eigenvalue weighted by Gasteiger charge is -2.27. The molecule has 0 unspecified atom stereocenters. The second-order valence-electron chi connectivity index (χ2n) is 12.4. The minimum atomic E-state index is -0.881. The zero-order valence-electron chi connectivity index (χ0n) is 26.4. The van der Waals surface area contributed by atoms with Gasteiger partial charge in [0.1, 0.15) is 11.4 Å². The topological polar surface area (TPSA) is 63.9 Å². The van der Waals surface area contributed by atoms with E-state index in [0.717, 1.165) is 83.4 Å². The molecule has 0 amide bonds. The van der Waals surface area contributed by atoms with Crippen LogP contribution in [0.4, 0.5) is 0 Å². The van der Waals surface area contributed by atoms with Crippen LogP contribution in [0.2, 0.25) is 0 Å². The highest BCUT2D eigenvalue weighted by Crippen LogP contribution is 2.39. The Bertz CT molecular complexity index is 1820. The molecule has 0 atom stereocenters. The summed E-state index contributed by atoms with van der Waals surface area (Å²) in [5, 5.41) is 11.8. The zero-order valence-corrected chi connectivity index (χ0v) is 26.4. The highest BCUT2D eigenvalue weighted by Gasteiger charge is 2.26. The Morgan fingerprint density at radius 3 is 2.35 bits per heavy atom. The van der Waals surface area contributed by atoms with Crippen LogP contribution in [0.5, 0.6) is 5.75 Å². The van der Waals surface area contributed by atoms with Crippen LogP contribution in [-0.4, -0.2) is 60.0 Å². The number of hydrogen-bond acceptors (Lipinski definition) is 4. The maximum Gasteiger partial charge on any atom is 0.352 e. The molecular formula is C40H42N2O4. The van der Waals surface area contributed by atoms with Crippen molar-refractivity contribution in [3.8, 4) is 28.0 Å². The maximum absolute atomic E-state index is 13.1. The van der Waals surface area contributed by atoms with E-state index in [0.29, 0.717) is 38.5 Å². The van der Waals surface area contributed by atoms with Crippen molar-refractivity contribution in [3.63, 3.8) is 0 Å². The number of aromatic carboxylic acids is 1. The smallest absolute Gasteiger partial charge is 0.352 e. The number of aryl methyl sites for hydroxylation is 2. The summed E-state index contributed by atoms with van der Waals surface area (Å²) in [5.74, 6) is 0.108. The van der Waals surface area contributed by atoms with Gasteiger partial charge in [-0.25, -0.2) is 4.79 Å². The molecule has 5 aromatic rings. The summed E-state index contributed by atoms with van der Waals surface area (Å²) in [7, 11) is 0. The van der Waals surface area contributed by atoms with Crippen molar-refractivity contribution in [2.24, 2.45) is 0 Å². The summed E-state index contributed by atoms with van der Waals surface area (Å²) in [5.41, 5.74) is 9.46. The van der Waals surface area contributed by atoms with Gasteiger partial charge in [0.05, 0.1) is 25.3 Å². The first-order valence-electron chi connectivity index (χ1n) is 16.7. The fourth-order valence-electron chi connectivity index (χ4n) is 7.38. The summed E-state index contributed by atoms with van der Waals surface area (Å²) in [4.78, 5) is 15.5. The van der Waals surface area contributed by atoms with Gasteiger partial charge in [-0.3, -0.25) is 4.90 Å². The SMILES string of the molecule is O=C(O)c1c(CCCOc2cccc3c2CCCC3)c2cccc(-c3ccccc3-c3ccccc3)c2n1CCN1CCOCC1. The Labute approximate surface area is 271 Å². The number of rotatable bonds is 11. The summed E-state index contributed by atoms with van der Waals surface area (Å²) in [6.45, 7) is 5.05. The van der Waals surface area contributed by atoms with E-state index >= 15 is 0 Å². The average Bonchev–Trinajstić information content (AvgIpc) is 3.43. The second kappa shape index (κ2) is 13.9. The molecule has 0 saturated carbocycles. The predicted molar refractivity (Wildman–Crippen MR) is 184 cm³/mol. The van der Waals surface area contributed by atoms with E-state index in [1.165, 1.54) is 24.0 Å². The summed E-state index contributed by atoms with van der Waals surface area (Å²) in [6.07, 6.45) is 5.99. The molecule has 46 heavy (non-hydrogen) atoms. The van der Waals surface area contributed by atoms with Gasteiger partial charge in [0.2, 0.25) is 0 Å². The highest BCUT2D eigenvalue weighted by molar-refractivity contribution is 6.05. The molecule has 0 bridgehead atoms. The molecule has 7 rings (SSSR count). The lowest BCUT2D eigenvalue weighted by Crippen LogP contribution is -2.38. The van der Waals surface area contributed by atoms with Gasteiger partial charge in [-0.2, -0.15) is 0 Å². The van der Waals surface area contributed by atoms with Crippen molar-refractivity contribution in [2.45, 2.75) is 45.1 Å². The minimum absolute atomic E-state index is 0.394. The Morgan fingerprint density at radius 2 is 1.52 bits per heavy atom. The minimum Gasteiger partial charge on any atom is -0.493 e. The third kappa shape index (κ3) is 6.20. The number of morpholine rings is 1. The standard InChI is InChI=1S/C40H42N2O4/c43-40(44)39-36(20-10-26-46-37-21-8-14-30-13-4-5-16-32(30)37)35-19-9-18-34(38(35)42(39)23-22-41-24-27-45-28-25-41)33-17-7-6-15-31(33)29-11-2-1-3-12-29/h1-3,6-9,11-12,14-15,17-19,21H,4-5,10,13,16,20,22-28H2,(H,43,44). The Kier molecular flexibility index (Phi) is 9.17. The van der Waals surface area contributed by atoms with Crippen molar-refractivity contribution in [1.29, 1.82) is 0 Å². The molecule has 2 aliphatic rings. The van der Waals surface area contributed by atoms with E-state index in [2.05, 4.69) is 94.4 Å². The van der Waals surface area contributed by atoms with Gasteiger partial charge in [0, 0.05) is 37.1 Å². The first-order chi connectivity index (χ1) is 22.7. The number of carboxylic acid groups (broad SMARTS) is 1. The zero-order chi connectivity index (χ0) is 31.3. The van der Waals surface area contributed by atoms with E-state index in [1.54, 1.807) is 0 Å². The molecule has 1 fully saturated rings. The number of carboxylic acids is 1. The average molecular weight is 615 g/mol. The Hall–Kier alpha value is -4.39. The molecular weight excluding hydrogens is 572 g/mol. The van der Waals surface area contributed by atoms with Gasteiger partial charge in [-0.15, -0.1) is 0 Å². The maximum atomic E-state index is 13.1. The fourth-order valence-corrected chi connectivity index (χ4v) is 7.38. The first kappa shape index (κ1) is 30.3.